The van der Waals surface area contributed by atoms with Crippen LogP contribution in [0.2, 0.25) is 0 Å². The standard InChI is InChI=1S/C28H33F3N4O3/c1-19-20(2)26(38-17-24(36)16-33-11-10-32-18-33)9-8-25(19)21(3)34-12-14-35(15-13-34)27(37)22-4-6-23(7-5-22)28(29,30)31/h4-11,18,21,24,36H,12-17H2,1-3H3/t21?,24-/m1/s1. The molecule has 1 fully saturated rings. The van der Waals surface area contributed by atoms with Gasteiger partial charge in [-0.2, -0.15) is 13.2 Å². The van der Waals surface area contributed by atoms with Crippen LogP contribution in [-0.2, 0) is 12.7 Å². The van der Waals surface area contributed by atoms with Crippen molar-refractivity contribution in [3.63, 3.8) is 0 Å². The highest BCUT2D eigenvalue weighted by molar-refractivity contribution is 5.94. The molecule has 7 nitrogen and oxygen atoms in total. The van der Waals surface area contributed by atoms with E-state index in [2.05, 4.69) is 23.7 Å². The van der Waals surface area contributed by atoms with Gasteiger partial charge in [-0.3, -0.25) is 9.69 Å². The van der Waals surface area contributed by atoms with Gasteiger partial charge in [-0.15, -0.1) is 0 Å². The van der Waals surface area contributed by atoms with Crippen LogP contribution in [0.15, 0.2) is 55.1 Å². The lowest BCUT2D eigenvalue weighted by Crippen LogP contribution is -2.49. The molecule has 1 aliphatic heterocycles. The van der Waals surface area contributed by atoms with Crippen molar-refractivity contribution >= 4 is 5.91 Å². The number of aliphatic hydroxyl groups excluding tert-OH is 1. The van der Waals surface area contributed by atoms with Gasteiger partial charge in [-0.05, 0) is 67.8 Å². The molecule has 0 aliphatic carbocycles. The van der Waals surface area contributed by atoms with E-state index >= 15 is 0 Å². The van der Waals surface area contributed by atoms with Crippen LogP contribution in [0.3, 0.4) is 0 Å². The second kappa shape index (κ2) is 11.6. The summed E-state index contributed by atoms with van der Waals surface area (Å²) < 4.78 is 46.2. The summed E-state index contributed by atoms with van der Waals surface area (Å²) in [6, 6.07) is 8.47. The highest BCUT2D eigenvalue weighted by atomic mass is 19.4. The smallest absolute Gasteiger partial charge is 0.416 e. The number of aromatic nitrogens is 2. The van der Waals surface area contributed by atoms with E-state index in [-0.39, 0.29) is 24.1 Å². The lowest BCUT2D eigenvalue weighted by Gasteiger charge is -2.39. The summed E-state index contributed by atoms with van der Waals surface area (Å²) in [4.78, 5) is 20.8. The van der Waals surface area contributed by atoms with Crippen molar-refractivity contribution in [2.45, 2.75) is 45.6 Å². The largest absolute Gasteiger partial charge is 0.491 e. The lowest BCUT2D eigenvalue weighted by molar-refractivity contribution is -0.137. The van der Waals surface area contributed by atoms with Crippen molar-refractivity contribution in [1.29, 1.82) is 0 Å². The fraction of sp³-hybridized carbons (Fsp3) is 0.429. The van der Waals surface area contributed by atoms with E-state index in [1.807, 2.05) is 19.1 Å². The van der Waals surface area contributed by atoms with Gasteiger partial charge in [0.25, 0.3) is 5.91 Å². The summed E-state index contributed by atoms with van der Waals surface area (Å²) in [5.74, 6) is 0.477. The Bertz CT molecular complexity index is 1220. The van der Waals surface area contributed by atoms with Crippen LogP contribution in [0.1, 0.15) is 45.6 Å². The molecule has 2 heterocycles. The Morgan fingerprint density at radius 1 is 1.05 bits per heavy atom. The molecule has 1 unspecified atom stereocenters. The minimum absolute atomic E-state index is 0.109. The highest BCUT2D eigenvalue weighted by Crippen LogP contribution is 2.32. The van der Waals surface area contributed by atoms with Crippen LogP contribution in [0.25, 0.3) is 0 Å². The number of imidazole rings is 1. The fourth-order valence-electron chi connectivity index (χ4n) is 4.80. The molecular weight excluding hydrogens is 497 g/mol. The second-order valence-electron chi connectivity index (χ2n) is 9.71. The Labute approximate surface area is 220 Å². The maximum atomic E-state index is 12.8. The van der Waals surface area contributed by atoms with Gasteiger partial charge in [0.05, 0.1) is 18.4 Å². The van der Waals surface area contributed by atoms with Gasteiger partial charge in [-0.25, -0.2) is 4.98 Å². The molecule has 1 aromatic heterocycles. The fourth-order valence-corrected chi connectivity index (χ4v) is 4.80. The zero-order valence-electron chi connectivity index (χ0n) is 21.8. The maximum Gasteiger partial charge on any atom is 0.416 e. The van der Waals surface area contributed by atoms with E-state index in [0.29, 0.717) is 32.7 Å². The molecule has 4 rings (SSSR count). The molecule has 0 radical (unpaired) electrons. The molecule has 2 aromatic carbocycles. The number of rotatable bonds is 8. The summed E-state index contributed by atoms with van der Waals surface area (Å²) in [5.41, 5.74) is 2.79. The average Bonchev–Trinajstić information content (AvgIpc) is 3.41. The van der Waals surface area contributed by atoms with E-state index < -0.39 is 17.8 Å². The Balaban J connectivity index is 1.33. The molecule has 1 N–H and O–H groups in total. The van der Waals surface area contributed by atoms with Gasteiger partial charge in [0.15, 0.2) is 0 Å². The number of alkyl halides is 3. The third-order valence-corrected chi connectivity index (χ3v) is 7.25. The first-order valence-electron chi connectivity index (χ1n) is 12.6. The predicted octanol–water partition coefficient (Wildman–Crippen LogP) is 4.48. The van der Waals surface area contributed by atoms with Crippen molar-refractivity contribution in [2.24, 2.45) is 0 Å². The number of halogens is 3. The molecular formula is C28H33F3N4O3. The number of amides is 1. The first kappa shape index (κ1) is 27.7. The van der Waals surface area contributed by atoms with Crippen molar-refractivity contribution < 1.29 is 27.8 Å². The van der Waals surface area contributed by atoms with Crippen LogP contribution in [-0.4, -0.2) is 69.3 Å². The minimum atomic E-state index is -4.42. The van der Waals surface area contributed by atoms with Crippen LogP contribution < -0.4 is 4.74 Å². The first-order chi connectivity index (χ1) is 18.0. The van der Waals surface area contributed by atoms with Gasteiger partial charge in [-0.1, -0.05) is 6.07 Å². The molecule has 3 aromatic rings. The minimum Gasteiger partial charge on any atom is -0.491 e. The monoisotopic (exact) mass is 530 g/mol. The Morgan fingerprint density at radius 3 is 2.34 bits per heavy atom. The van der Waals surface area contributed by atoms with Crippen LogP contribution in [0, 0.1) is 13.8 Å². The third kappa shape index (κ3) is 6.36. The highest BCUT2D eigenvalue weighted by Gasteiger charge is 2.31. The normalized spacial score (nSPS) is 16.3. The molecule has 1 aliphatic rings. The molecule has 10 heteroatoms. The zero-order valence-corrected chi connectivity index (χ0v) is 21.8. The number of aliphatic hydroxyl groups is 1. The van der Waals surface area contributed by atoms with E-state index in [9.17, 15) is 23.1 Å². The summed E-state index contributed by atoms with van der Waals surface area (Å²) >= 11 is 0. The van der Waals surface area contributed by atoms with Crippen molar-refractivity contribution in [3.8, 4) is 5.75 Å². The van der Waals surface area contributed by atoms with Crippen molar-refractivity contribution in [2.75, 3.05) is 32.8 Å². The predicted molar refractivity (Wildman–Crippen MR) is 137 cm³/mol. The second-order valence-corrected chi connectivity index (χ2v) is 9.71. The van der Waals surface area contributed by atoms with Gasteiger partial charge in [0, 0.05) is 50.2 Å². The number of carbonyl (C=O) groups is 1. The molecule has 0 spiro atoms. The van der Waals surface area contributed by atoms with Crippen molar-refractivity contribution in [1.82, 2.24) is 19.4 Å². The summed E-state index contributed by atoms with van der Waals surface area (Å²) in [5, 5.41) is 10.3. The van der Waals surface area contributed by atoms with Gasteiger partial charge >= 0.3 is 6.18 Å². The molecule has 1 amide bonds. The molecule has 1 saturated heterocycles. The third-order valence-electron chi connectivity index (χ3n) is 7.25. The van der Waals surface area contributed by atoms with Crippen LogP contribution in [0.4, 0.5) is 13.2 Å². The molecule has 204 valence electrons. The van der Waals surface area contributed by atoms with Gasteiger partial charge in [0.1, 0.15) is 18.5 Å². The maximum absolute atomic E-state index is 12.8. The summed E-state index contributed by atoms with van der Waals surface area (Å²) in [7, 11) is 0. The van der Waals surface area contributed by atoms with E-state index in [1.165, 1.54) is 12.1 Å². The number of hydrogen-bond acceptors (Lipinski definition) is 5. The number of benzene rings is 2. The average molecular weight is 531 g/mol. The number of nitrogens with zero attached hydrogens (tertiary/aromatic N) is 4. The van der Waals surface area contributed by atoms with Crippen LogP contribution >= 0.6 is 0 Å². The Kier molecular flexibility index (Phi) is 8.42. The van der Waals surface area contributed by atoms with E-state index in [4.69, 9.17) is 4.74 Å². The zero-order chi connectivity index (χ0) is 27.4. The number of ether oxygens (including phenoxy) is 1. The number of hydrogen-bond donors (Lipinski definition) is 1. The quantitative estimate of drug-likeness (QED) is 0.465. The molecule has 0 saturated carbocycles. The van der Waals surface area contributed by atoms with Gasteiger partial charge < -0.3 is 19.3 Å². The number of piperazine rings is 1. The number of carbonyl (C=O) groups excluding carboxylic acids is 1. The van der Waals surface area contributed by atoms with Gasteiger partial charge in [0.2, 0.25) is 0 Å². The molecule has 0 bridgehead atoms. The Hall–Kier alpha value is -3.37. The van der Waals surface area contributed by atoms with E-state index in [1.54, 1.807) is 28.2 Å². The van der Waals surface area contributed by atoms with Crippen LogP contribution in [0.5, 0.6) is 5.75 Å². The van der Waals surface area contributed by atoms with Crippen molar-refractivity contribution in [3.05, 3.63) is 82.9 Å². The topological polar surface area (TPSA) is 70.8 Å². The lowest BCUT2D eigenvalue weighted by atomic mass is 9.96. The SMILES string of the molecule is Cc1c(OC[C@H](O)Cn2ccnc2)ccc(C(C)N2CCN(C(=O)c3ccc(C(F)(F)F)cc3)CC2)c1C. The Morgan fingerprint density at radius 2 is 1.74 bits per heavy atom. The summed E-state index contributed by atoms with van der Waals surface area (Å²) in [6.45, 7) is 9.07. The summed E-state index contributed by atoms with van der Waals surface area (Å²) in [6.07, 6.45) is 0.0205. The first-order valence-corrected chi connectivity index (χ1v) is 12.6. The van der Waals surface area contributed by atoms with E-state index in [0.717, 1.165) is 34.6 Å². The molecule has 2 atom stereocenters. The molecule has 38 heavy (non-hydrogen) atoms.